The Morgan fingerprint density at radius 1 is 1.35 bits per heavy atom. The van der Waals surface area contributed by atoms with Crippen LogP contribution in [0.5, 0.6) is 5.75 Å². The van der Waals surface area contributed by atoms with Crippen molar-refractivity contribution in [3.8, 4) is 5.75 Å². The quantitative estimate of drug-likeness (QED) is 0.611. The smallest absolute Gasteiger partial charge is 0.341 e. The van der Waals surface area contributed by atoms with Crippen molar-refractivity contribution in [3.63, 3.8) is 0 Å². The SMILES string of the molecule is CNC1CCCN(c2c(F)cc3c(=O)c(C(=O)O)cn(C4CC4)c3c2OC)C1.O=CO. The van der Waals surface area contributed by atoms with Gasteiger partial charge in [-0.05, 0) is 38.8 Å². The second kappa shape index (κ2) is 9.34. The van der Waals surface area contributed by atoms with Crippen LogP contribution in [0.2, 0.25) is 0 Å². The number of ether oxygens (including phenoxy) is 1. The van der Waals surface area contributed by atoms with Crippen molar-refractivity contribution < 1.29 is 28.9 Å². The van der Waals surface area contributed by atoms with Crippen LogP contribution in [0.1, 0.15) is 42.1 Å². The first-order valence-electron chi connectivity index (χ1n) is 10.1. The van der Waals surface area contributed by atoms with Gasteiger partial charge in [0.15, 0.2) is 11.6 Å². The lowest BCUT2D eigenvalue weighted by atomic mass is 10.0. The lowest BCUT2D eigenvalue weighted by Crippen LogP contribution is -2.45. The minimum atomic E-state index is -1.31. The van der Waals surface area contributed by atoms with Gasteiger partial charge in [0.05, 0.1) is 18.0 Å². The van der Waals surface area contributed by atoms with Crippen LogP contribution in [-0.4, -0.2) is 60.5 Å². The lowest BCUT2D eigenvalue weighted by molar-refractivity contribution is -0.122. The molecule has 0 amide bonds. The number of rotatable bonds is 5. The Morgan fingerprint density at radius 2 is 2.03 bits per heavy atom. The van der Waals surface area contributed by atoms with Gasteiger partial charge in [-0.15, -0.1) is 0 Å². The monoisotopic (exact) mass is 435 g/mol. The molecule has 2 heterocycles. The van der Waals surface area contributed by atoms with Gasteiger partial charge in [-0.2, -0.15) is 0 Å². The average Bonchev–Trinajstić information content (AvgIpc) is 3.59. The summed E-state index contributed by atoms with van der Waals surface area (Å²) in [6.07, 6.45) is 5.08. The number of carboxylic acid groups (broad SMARTS) is 2. The minimum absolute atomic E-state index is 0.0482. The fraction of sp³-hybridized carbons (Fsp3) is 0.476. The molecule has 2 fully saturated rings. The highest BCUT2D eigenvalue weighted by molar-refractivity contribution is 5.97. The highest BCUT2D eigenvalue weighted by Gasteiger charge is 2.32. The molecule has 31 heavy (non-hydrogen) atoms. The normalized spacial score (nSPS) is 18.3. The fourth-order valence-corrected chi connectivity index (χ4v) is 4.14. The van der Waals surface area contributed by atoms with Gasteiger partial charge >= 0.3 is 5.97 Å². The molecule has 1 saturated heterocycles. The number of anilines is 1. The zero-order valence-electron chi connectivity index (χ0n) is 17.4. The lowest BCUT2D eigenvalue weighted by Gasteiger charge is -2.35. The second-order valence-corrected chi connectivity index (χ2v) is 7.63. The topological polar surface area (TPSA) is 121 Å². The van der Waals surface area contributed by atoms with Gasteiger partial charge in [0.25, 0.3) is 6.47 Å². The number of piperidine rings is 1. The number of fused-ring (bicyclic) bond motifs is 1. The standard InChI is InChI=1S/C20H24FN3O4.CH2O2/c1-22-11-4-3-7-23(9-11)17-15(21)8-13-16(19(17)28-2)24(12-5-6-12)10-14(18(13)25)20(26)27;2-1-3/h8,10-12,22H,3-7,9H2,1-2H3,(H,26,27);1H,(H,2,3). The van der Waals surface area contributed by atoms with Crippen molar-refractivity contribution in [1.82, 2.24) is 9.88 Å². The van der Waals surface area contributed by atoms with Crippen LogP contribution in [0, 0.1) is 5.82 Å². The molecule has 168 valence electrons. The number of carboxylic acids is 1. The van der Waals surface area contributed by atoms with Crippen molar-refractivity contribution in [2.45, 2.75) is 37.8 Å². The van der Waals surface area contributed by atoms with Gasteiger partial charge in [-0.25, -0.2) is 9.18 Å². The molecule has 1 atom stereocenters. The Morgan fingerprint density at radius 3 is 2.58 bits per heavy atom. The van der Waals surface area contributed by atoms with E-state index in [4.69, 9.17) is 14.6 Å². The molecule has 2 aromatic rings. The van der Waals surface area contributed by atoms with E-state index in [2.05, 4.69) is 5.32 Å². The van der Waals surface area contributed by atoms with Crippen molar-refractivity contribution in [1.29, 1.82) is 0 Å². The third-order valence-electron chi connectivity index (χ3n) is 5.72. The molecule has 9 nitrogen and oxygen atoms in total. The molecule has 2 aliphatic rings. The maximum atomic E-state index is 15.2. The van der Waals surface area contributed by atoms with Gasteiger partial charge < -0.3 is 29.7 Å². The maximum absolute atomic E-state index is 15.2. The molecule has 0 spiro atoms. The summed E-state index contributed by atoms with van der Waals surface area (Å²) in [5.41, 5.74) is -0.216. The Bertz CT molecular complexity index is 1050. The van der Waals surface area contributed by atoms with E-state index < -0.39 is 17.2 Å². The van der Waals surface area contributed by atoms with Gasteiger partial charge in [0.1, 0.15) is 11.3 Å². The zero-order valence-corrected chi connectivity index (χ0v) is 17.4. The molecule has 0 radical (unpaired) electrons. The maximum Gasteiger partial charge on any atom is 0.341 e. The Hall–Kier alpha value is -3.14. The Balaban J connectivity index is 0.000000858. The van der Waals surface area contributed by atoms with Crippen LogP contribution in [0.3, 0.4) is 0 Å². The number of aromatic carboxylic acids is 1. The van der Waals surface area contributed by atoms with E-state index in [0.717, 1.165) is 25.7 Å². The summed E-state index contributed by atoms with van der Waals surface area (Å²) in [6, 6.07) is 1.51. The number of halogens is 1. The Kier molecular flexibility index (Phi) is 6.79. The number of pyridine rings is 1. The summed E-state index contributed by atoms with van der Waals surface area (Å²) in [4.78, 5) is 34.6. The molecule has 1 aromatic heterocycles. The number of methoxy groups -OCH3 is 1. The number of carbonyl (C=O) groups is 2. The second-order valence-electron chi connectivity index (χ2n) is 7.63. The highest BCUT2D eigenvalue weighted by Crippen LogP contribution is 2.44. The third kappa shape index (κ3) is 4.34. The first-order valence-corrected chi connectivity index (χ1v) is 10.1. The first-order chi connectivity index (χ1) is 14.9. The van der Waals surface area contributed by atoms with Crippen LogP contribution < -0.4 is 20.4 Å². The molecule has 3 N–H and O–H groups in total. The molecule has 1 aliphatic carbocycles. The predicted octanol–water partition coefficient (Wildman–Crippen LogP) is 2.07. The van der Waals surface area contributed by atoms with Gasteiger partial charge in [-0.1, -0.05) is 0 Å². The predicted molar refractivity (Wildman–Crippen MR) is 113 cm³/mol. The highest BCUT2D eigenvalue weighted by atomic mass is 19.1. The van der Waals surface area contributed by atoms with E-state index in [-0.39, 0.29) is 29.5 Å². The minimum Gasteiger partial charge on any atom is -0.492 e. The summed E-state index contributed by atoms with van der Waals surface area (Å²) < 4.78 is 22.6. The van der Waals surface area contributed by atoms with E-state index in [1.54, 1.807) is 4.57 Å². The number of hydrogen-bond donors (Lipinski definition) is 3. The van der Waals surface area contributed by atoms with E-state index in [9.17, 15) is 14.7 Å². The Labute approximate surface area is 178 Å². The number of aromatic nitrogens is 1. The molecule has 0 bridgehead atoms. The van der Waals surface area contributed by atoms with Crippen LogP contribution in [0.25, 0.3) is 10.9 Å². The molecule has 1 aliphatic heterocycles. The van der Waals surface area contributed by atoms with E-state index in [1.165, 1.54) is 19.4 Å². The molecular formula is C21H26FN3O6. The van der Waals surface area contributed by atoms with Crippen LogP contribution >= 0.6 is 0 Å². The third-order valence-corrected chi connectivity index (χ3v) is 5.72. The molecular weight excluding hydrogens is 409 g/mol. The largest absolute Gasteiger partial charge is 0.492 e. The summed E-state index contributed by atoms with van der Waals surface area (Å²) in [7, 11) is 3.35. The van der Waals surface area contributed by atoms with Crippen LogP contribution in [0.4, 0.5) is 10.1 Å². The average molecular weight is 435 g/mol. The molecule has 1 aromatic carbocycles. The van der Waals surface area contributed by atoms with E-state index in [1.807, 2.05) is 11.9 Å². The molecule has 4 rings (SSSR count). The summed E-state index contributed by atoms with van der Waals surface area (Å²) in [5, 5.41) is 19.6. The van der Waals surface area contributed by atoms with Gasteiger partial charge in [0, 0.05) is 31.4 Å². The summed E-state index contributed by atoms with van der Waals surface area (Å²) in [6.45, 7) is 1.08. The first kappa shape index (κ1) is 22.5. The van der Waals surface area contributed by atoms with Crippen molar-refractivity contribution in [2.75, 3.05) is 32.1 Å². The number of nitrogens with one attached hydrogen (secondary N) is 1. The number of likely N-dealkylation sites (N-methyl/N-ethyl adjacent to an activating group) is 1. The van der Waals surface area contributed by atoms with E-state index in [0.29, 0.717) is 30.0 Å². The van der Waals surface area contributed by atoms with Gasteiger partial charge in [-0.3, -0.25) is 9.59 Å². The summed E-state index contributed by atoms with van der Waals surface area (Å²) in [5.74, 6) is -1.58. The van der Waals surface area contributed by atoms with E-state index >= 15 is 4.39 Å². The van der Waals surface area contributed by atoms with Crippen LogP contribution in [0.15, 0.2) is 17.1 Å². The number of benzene rings is 1. The number of hydrogen-bond acceptors (Lipinski definition) is 6. The van der Waals surface area contributed by atoms with Crippen molar-refractivity contribution >= 4 is 29.0 Å². The summed E-state index contributed by atoms with van der Waals surface area (Å²) >= 11 is 0. The molecule has 10 heteroatoms. The van der Waals surface area contributed by atoms with Crippen LogP contribution in [-0.2, 0) is 4.79 Å². The van der Waals surface area contributed by atoms with Crippen molar-refractivity contribution in [2.24, 2.45) is 0 Å². The molecule has 1 unspecified atom stereocenters. The number of nitrogens with zero attached hydrogens (tertiary/aromatic N) is 2. The fourth-order valence-electron chi connectivity index (χ4n) is 4.14. The molecule has 1 saturated carbocycles. The zero-order chi connectivity index (χ0) is 22.7. The van der Waals surface area contributed by atoms with Gasteiger partial charge in [0.2, 0.25) is 5.43 Å². The van der Waals surface area contributed by atoms with Crippen molar-refractivity contribution in [3.05, 3.63) is 33.9 Å².